The van der Waals surface area contributed by atoms with Crippen LogP contribution in [0.1, 0.15) is 13.3 Å². The molecule has 2 aromatic heterocycles. The number of aromatic amines is 1. The topological polar surface area (TPSA) is 133 Å². The van der Waals surface area contributed by atoms with Crippen LogP contribution in [0.4, 0.5) is 0 Å². The SMILES string of the molecule is CCC(=O)Cn1c(=O)[nH]c2ncn(CC(N)=O)c2c1=O. The van der Waals surface area contributed by atoms with Gasteiger partial charge in [0.05, 0.1) is 12.9 Å². The van der Waals surface area contributed by atoms with E-state index in [4.69, 9.17) is 5.73 Å². The molecule has 0 saturated carbocycles. The van der Waals surface area contributed by atoms with E-state index >= 15 is 0 Å². The molecule has 0 radical (unpaired) electrons. The van der Waals surface area contributed by atoms with E-state index in [1.54, 1.807) is 6.92 Å². The molecule has 0 unspecified atom stereocenters. The summed E-state index contributed by atoms with van der Waals surface area (Å²) < 4.78 is 2.02. The van der Waals surface area contributed by atoms with Crippen molar-refractivity contribution in [2.75, 3.05) is 0 Å². The number of H-pyrrole nitrogens is 1. The van der Waals surface area contributed by atoms with Gasteiger partial charge in [0.15, 0.2) is 16.9 Å². The van der Waals surface area contributed by atoms with E-state index in [9.17, 15) is 19.2 Å². The van der Waals surface area contributed by atoms with Crippen molar-refractivity contribution in [3.05, 3.63) is 27.2 Å². The summed E-state index contributed by atoms with van der Waals surface area (Å²) >= 11 is 0. The van der Waals surface area contributed by atoms with Gasteiger partial charge in [-0.05, 0) is 0 Å². The van der Waals surface area contributed by atoms with Crippen molar-refractivity contribution in [3.63, 3.8) is 0 Å². The number of imidazole rings is 1. The number of nitrogens with two attached hydrogens (primary N) is 1. The normalized spacial score (nSPS) is 10.8. The molecule has 0 aliphatic rings. The molecule has 9 heteroatoms. The second-order valence-corrected chi connectivity index (χ2v) is 4.25. The summed E-state index contributed by atoms with van der Waals surface area (Å²) in [5, 5.41) is 0. The van der Waals surface area contributed by atoms with Crippen LogP contribution in [0.2, 0.25) is 0 Å². The Bertz CT molecular complexity index is 797. The number of primary amides is 1. The van der Waals surface area contributed by atoms with Crippen molar-refractivity contribution in [1.29, 1.82) is 0 Å². The first kappa shape index (κ1) is 13.7. The average Bonchev–Trinajstić information content (AvgIpc) is 2.76. The number of rotatable bonds is 5. The van der Waals surface area contributed by atoms with E-state index in [1.165, 1.54) is 10.9 Å². The van der Waals surface area contributed by atoms with E-state index in [2.05, 4.69) is 9.97 Å². The van der Waals surface area contributed by atoms with Gasteiger partial charge in [-0.3, -0.25) is 23.9 Å². The van der Waals surface area contributed by atoms with E-state index < -0.39 is 17.2 Å². The zero-order chi connectivity index (χ0) is 14.9. The molecule has 9 nitrogen and oxygen atoms in total. The molecule has 0 aliphatic carbocycles. The molecular formula is C11H13N5O4. The number of nitrogens with zero attached hydrogens (tertiary/aromatic N) is 3. The quantitative estimate of drug-likeness (QED) is 0.676. The molecule has 0 atom stereocenters. The van der Waals surface area contributed by atoms with Crippen molar-refractivity contribution in [3.8, 4) is 0 Å². The summed E-state index contributed by atoms with van der Waals surface area (Å²) in [6.07, 6.45) is 1.45. The van der Waals surface area contributed by atoms with Crippen LogP contribution >= 0.6 is 0 Å². The minimum Gasteiger partial charge on any atom is -0.368 e. The molecule has 0 aromatic carbocycles. The summed E-state index contributed by atoms with van der Waals surface area (Å²) in [5.41, 5.74) is 3.77. The summed E-state index contributed by atoms with van der Waals surface area (Å²) in [6.45, 7) is 1.08. The Hall–Kier alpha value is -2.71. The lowest BCUT2D eigenvalue weighted by molar-refractivity contribution is -0.120. The van der Waals surface area contributed by atoms with Crippen molar-refractivity contribution >= 4 is 22.9 Å². The predicted molar refractivity (Wildman–Crippen MR) is 69.1 cm³/mol. The Morgan fingerprint density at radius 2 is 2.05 bits per heavy atom. The van der Waals surface area contributed by atoms with Crippen molar-refractivity contribution in [2.24, 2.45) is 5.73 Å². The van der Waals surface area contributed by atoms with Crippen LogP contribution in [-0.2, 0) is 22.7 Å². The number of hydrogen-bond donors (Lipinski definition) is 2. The molecule has 0 aliphatic heterocycles. The number of nitrogens with one attached hydrogen (secondary N) is 1. The summed E-state index contributed by atoms with van der Waals surface area (Å²) in [5.74, 6) is -0.899. The number of amides is 1. The van der Waals surface area contributed by atoms with Gasteiger partial charge in [0.25, 0.3) is 5.56 Å². The van der Waals surface area contributed by atoms with Gasteiger partial charge in [-0.1, -0.05) is 6.92 Å². The van der Waals surface area contributed by atoms with Gasteiger partial charge >= 0.3 is 5.69 Å². The number of ketones is 1. The van der Waals surface area contributed by atoms with Gasteiger partial charge in [-0.15, -0.1) is 0 Å². The zero-order valence-electron chi connectivity index (χ0n) is 10.8. The maximum absolute atomic E-state index is 12.2. The van der Waals surface area contributed by atoms with Gasteiger partial charge in [0.1, 0.15) is 6.54 Å². The molecule has 0 bridgehead atoms. The lowest BCUT2D eigenvalue weighted by Gasteiger charge is -2.04. The van der Waals surface area contributed by atoms with E-state index in [-0.39, 0.29) is 36.5 Å². The highest BCUT2D eigenvalue weighted by molar-refractivity contribution is 5.79. The molecule has 2 aromatic rings. The smallest absolute Gasteiger partial charge is 0.330 e. The fraction of sp³-hybridized carbons (Fsp3) is 0.364. The Morgan fingerprint density at radius 1 is 1.35 bits per heavy atom. The van der Waals surface area contributed by atoms with Gasteiger partial charge in [0, 0.05) is 6.42 Å². The van der Waals surface area contributed by atoms with Crippen molar-refractivity contribution in [1.82, 2.24) is 19.1 Å². The number of carbonyl (C=O) groups excluding carboxylic acids is 2. The van der Waals surface area contributed by atoms with Gasteiger partial charge in [-0.2, -0.15) is 0 Å². The second kappa shape index (κ2) is 5.11. The molecule has 1 amide bonds. The second-order valence-electron chi connectivity index (χ2n) is 4.25. The monoisotopic (exact) mass is 279 g/mol. The molecule has 0 spiro atoms. The Morgan fingerprint density at radius 3 is 2.65 bits per heavy atom. The van der Waals surface area contributed by atoms with Gasteiger partial charge in [0.2, 0.25) is 5.91 Å². The third-order valence-corrected chi connectivity index (χ3v) is 2.81. The zero-order valence-corrected chi connectivity index (χ0v) is 10.8. The molecule has 106 valence electrons. The first-order chi connectivity index (χ1) is 9.43. The first-order valence-electron chi connectivity index (χ1n) is 5.92. The van der Waals surface area contributed by atoms with Gasteiger partial charge < -0.3 is 10.3 Å². The van der Waals surface area contributed by atoms with Crippen LogP contribution in [0.5, 0.6) is 0 Å². The minimum atomic E-state index is -0.714. The minimum absolute atomic E-state index is 0.0345. The largest absolute Gasteiger partial charge is 0.368 e. The maximum Gasteiger partial charge on any atom is 0.330 e. The van der Waals surface area contributed by atoms with Crippen LogP contribution in [0, 0.1) is 0 Å². The highest BCUT2D eigenvalue weighted by atomic mass is 16.2. The van der Waals surface area contributed by atoms with Crippen molar-refractivity contribution in [2.45, 2.75) is 26.4 Å². The fourth-order valence-corrected chi connectivity index (χ4v) is 1.81. The summed E-state index contributed by atoms with van der Waals surface area (Å²) in [7, 11) is 0. The highest BCUT2D eigenvalue weighted by Gasteiger charge is 2.15. The molecule has 2 heterocycles. The lowest BCUT2D eigenvalue weighted by atomic mass is 10.3. The maximum atomic E-state index is 12.2. The van der Waals surface area contributed by atoms with Crippen LogP contribution in [0.15, 0.2) is 15.9 Å². The van der Waals surface area contributed by atoms with E-state index in [1.807, 2.05) is 0 Å². The Labute approximate surface area is 112 Å². The Kier molecular flexibility index (Phi) is 3.51. The van der Waals surface area contributed by atoms with Crippen LogP contribution in [0.3, 0.4) is 0 Å². The predicted octanol–water partition coefficient (Wildman–Crippen LogP) is -1.65. The lowest BCUT2D eigenvalue weighted by Crippen LogP contribution is -2.38. The molecular weight excluding hydrogens is 266 g/mol. The standard InChI is InChI=1S/C11H13N5O4/c1-2-6(17)3-16-10(19)8-9(14-11(16)20)13-5-15(8)4-7(12)18/h5H,2-4H2,1H3,(H2,12,18)(H,14,20). The van der Waals surface area contributed by atoms with Crippen LogP contribution in [0.25, 0.3) is 11.2 Å². The van der Waals surface area contributed by atoms with E-state index in [0.717, 1.165) is 4.57 Å². The number of aromatic nitrogens is 4. The first-order valence-corrected chi connectivity index (χ1v) is 5.92. The van der Waals surface area contributed by atoms with E-state index in [0.29, 0.717) is 0 Å². The molecule has 20 heavy (non-hydrogen) atoms. The number of carbonyl (C=O) groups is 2. The molecule has 0 fully saturated rings. The summed E-state index contributed by atoms with van der Waals surface area (Å²) in [6, 6.07) is 0. The number of hydrogen-bond acceptors (Lipinski definition) is 5. The third kappa shape index (κ3) is 2.37. The average molecular weight is 279 g/mol. The van der Waals surface area contributed by atoms with Gasteiger partial charge in [-0.25, -0.2) is 9.78 Å². The van der Waals surface area contributed by atoms with Crippen LogP contribution < -0.4 is 17.0 Å². The van der Waals surface area contributed by atoms with Crippen LogP contribution in [-0.4, -0.2) is 30.8 Å². The molecule has 0 saturated heterocycles. The third-order valence-electron chi connectivity index (χ3n) is 2.81. The number of Topliss-reactive ketones (excluding diaryl/α,β-unsaturated/α-hetero) is 1. The molecule has 2 rings (SSSR count). The number of fused-ring (bicyclic) bond motifs is 1. The fourth-order valence-electron chi connectivity index (χ4n) is 1.81. The molecule has 3 N–H and O–H groups in total. The highest BCUT2D eigenvalue weighted by Crippen LogP contribution is 2.02. The Balaban J connectivity index is 2.65. The van der Waals surface area contributed by atoms with Crippen molar-refractivity contribution < 1.29 is 9.59 Å². The summed E-state index contributed by atoms with van der Waals surface area (Å²) in [4.78, 5) is 52.6.